The van der Waals surface area contributed by atoms with E-state index in [4.69, 9.17) is 28.4 Å². The summed E-state index contributed by atoms with van der Waals surface area (Å²) in [6, 6.07) is 23.9. The third-order valence-electron chi connectivity index (χ3n) is 7.76. The zero-order valence-electron chi connectivity index (χ0n) is 30.4. The van der Waals surface area contributed by atoms with Crippen LogP contribution in [-0.4, -0.2) is 56.5 Å². The Bertz CT molecular complexity index is 1930. The zero-order valence-corrected chi connectivity index (χ0v) is 30.4. The number of nitrogens with zero attached hydrogens (tertiary/aromatic N) is 1. The van der Waals surface area contributed by atoms with E-state index >= 15 is 0 Å². The quantitative estimate of drug-likeness (QED) is 0.0287. The van der Waals surface area contributed by atoms with Crippen LogP contribution in [0.5, 0.6) is 23.0 Å². The molecule has 4 aromatic rings. The second kappa shape index (κ2) is 21.1. The van der Waals surface area contributed by atoms with Crippen LogP contribution in [0.3, 0.4) is 0 Å². The van der Waals surface area contributed by atoms with Gasteiger partial charge in [-0.1, -0.05) is 13.2 Å². The Labute approximate surface area is 314 Å². The minimum atomic E-state index is -0.501. The minimum Gasteiger partial charge on any atom is -0.494 e. The molecule has 0 amide bonds. The van der Waals surface area contributed by atoms with Crippen LogP contribution in [0.1, 0.15) is 63.1 Å². The van der Waals surface area contributed by atoms with E-state index in [1.54, 1.807) is 85.1 Å². The standard InChI is InChI=1S/C43H43NO10/c1-5-40(45)51-25-9-7-23-49-35-19-13-33(14-20-35)42(47)53-37-17-11-32(12-18-37)29-44-38-27-31(4)39(28-30(38)3)54-43(48)34-15-21-36(22-16-34)50-24-8-10-26-52-41(46)6-2/h5-6,11-22,27-29H,1-2,7-10,23-26H2,3-4H3/b44-29+. The van der Waals surface area contributed by atoms with Gasteiger partial charge in [0.2, 0.25) is 0 Å². The van der Waals surface area contributed by atoms with Crippen molar-refractivity contribution in [1.82, 2.24) is 0 Å². The predicted molar refractivity (Wildman–Crippen MR) is 204 cm³/mol. The Morgan fingerprint density at radius 1 is 0.574 bits per heavy atom. The highest BCUT2D eigenvalue weighted by Crippen LogP contribution is 2.29. The minimum absolute atomic E-state index is 0.304. The summed E-state index contributed by atoms with van der Waals surface area (Å²) in [5.74, 6) is 0.162. The molecule has 0 bridgehead atoms. The number of unbranched alkanes of at least 4 members (excludes halogenated alkanes) is 2. The Kier molecular flexibility index (Phi) is 15.8. The van der Waals surface area contributed by atoms with Gasteiger partial charge in [0.1, 0.15) is 23.0 Å². The Balaban J connectivity index is 1.22. The van der Waals surface area contributed by atoms with Crippen LogP contribution in [0, 0.1) is 13.8 Å². The van der Waals surface area contributed by atoms with Gasteiger partial charge in [-0.15, -0.1) is 0 Å². The number of hydrogen-bond acceptors (Lipinski definition) is 11. The molecule has 0 fully saturated rings. The molecule has 0 atom stereocenters. The molecule has 0 aliphatic carbocycles. The molecule has 280 valence electrons. The van der Waals surface area contributed by atoms with E-state index in [1.165, 1.54) is 0 Å². The molecule has 0 unspecified atom stereocenters. The molecular formula is C43H43NO10. The molecule has 0 N–H and O–H groups in total. The Morgan fingerprint density at radius 2 is 1.04 bits per heavy atom. The van der Waals surface area contributed by atoms with Gasteiger partial charge in [-0.3, -0.25) is 4.99 Å². The van der Waals surface area contributed by atoms with Gasteiger partial charge in [-0.05, 0) is 141 Å². The summed E-state index contributed by atoms with van der Waals surface area (Å²) in [4.78, 5) is 52.3. The third kappa shape index (κ3) is 13.2. The smallest absolute Gasteiger partial charge is 0.343 e. The fourth-order valence-electron chi connectivity index (χ4n) is 4.74. The van der Waals surface area contributed by atoms with Crippen LogP contribution < -0.4 is 18.9 Å². The number of hydrogen-bond donors (Lipinski definition) is 0. The predicted octanol–water partition coefficient (Wildman–Crippen LogP) is 8.27. The molecule has 11 nitrogen and oxygen atoms in total. The molecule has 4 rings (SSSR count). The molecule has 11 heteroatoms. The van der Waals surface area contributed by atoms with Gasteiger partial charge in [-0.25, -0.2) is 19.2 Å². The Hall–Kier alpha value is -6.49. The maximum atomic E-state index is 12.9. The van der Waals surface area contributed by atoms with Crippen molar-refractivity contribution in [3.63, 3.8) is 0 Å². The van der Waals surface area contributed by atoms with Crippen molar-refractivity contribution in [2.24, 2.45) is 4.99 Å². The normalized spacial score (nSPS) is 10.6. The highest BCUT2D eigenvalue weighted by atomic mass is 16.5. The fraction of sp³-hybridized carbons (Fsp3) is 0.233. The first-order chi connectivity index (χ1) is 26.1. The van der Waals surface area contributed by atoms with Gasteiger partial charge in [-0.2, -0.15) is 0 Å². The molecule has 0 radical (unpaired) electrons. The molecule has 0 heterocycles. The average Bonchev–Trinajstić information content (AvgIpc) is 3.18. The lowest BCUT2D eigenvalue weighted by molar-refractivity contribution is -0.138. The monoisotopic (exact) mass is 733 g/mol. The second-order valence-electron chi connectivity index (χ2n) is 11.9. The fourth-order valence-corrected chi connectivity index (χ4v) is 4.74. The van der Waals surface area contributed by atoms with Gasteiger partial charge in [0.05, 0.1) is 43.2 Å². The number of ether oxygens (including phenoxy) is 6. The summed E-state index contributed by atoms with van der Waals surface area (Å²) < 4.78 is 32.5. The van der Waals surface area contributed by atoms with Crippen LogP contribution in [0.15, 0.2) is 115 Å². The topological polar surface area (TPSA) is 136 Å². The molecule has 0 saturated heterocycles. The van der Waals surface area contributed by atoms with E-state index in [0.717, 1.165) is 28.8 Å². The van der Waals surface area contributed by atoms with E-state index < -0.39 is 23.9 Å². The van der Waals surface area contributed by atoms with Crippen LogP contribution >= 0.6 is 0 Å². The van der Waals surface area contributed by atoms with E-state index in [0.29, 0.717) is 91.9 Å². The zero-order chi connectivity index (χ0) is 38.7. The maximum absolute atomic E-state index is 12.9. The molecular weight excluding hydrogens is 690 g/mol. The van der Waals surface area contributed by atoms with Crippen molar-refractivity contribution in [1.29, 1.82) is 0 Å². The second-order valence-corrected chi connectivity index (χ2v) is 11.9. The molecule has 4 aromatic carbocycles. The first-order valence-electron chi connectivity index (χ1n) is 17.4. The lowest BCUT2D eigenvalue weighted by Gasteiger charge is -2.11. The number of aryl methyl sites for hydroxylation is 2. The molecule has 0 saturated carbocycles. The molecule has 0 aromatic heterocycles. The first kappa shape index (κ1) is 40.3. The van der Waals surface area contributed by atoms with Gasteiger partial charge >= 0.3 is 23.9 Å². The van der Waals surface area contributed by atoms with Crippen molar-refractivity contribution in [3.8, 4) is 23.0 Å². The number of aliphatic imine (C=N–C) groups is 1. The van der Waals surface area contributed by atoms with Gasteiger partial charge < -0.3 is 28.4 Å². The average molecular weight is 734 g/mol. The largest absolute Gasteiger partial charge is 0.494 e. The van der Waals surface area contributed by atoms with Crippen molar-refractivity contribution in [2.75, 3.05) is 26.4 Å². The van der Waals surface area contributed by atoms with Gasteiger partial charge in [0, 0.05) is 18.4 Å². The third-order valence-corrected chi connectivity index (χ3v) is 7.76. The van der Waals surface area contributed by atoms with E-state index in [2.05, 4.69) is 18.2 Å². The highest BCUT2D eigenvalue weighted by Gasteiger charge is 2.13. The lowest BCUT2D eigenvalue weighted by atomic mass is 10.1. The van der Waals surface area contributed by atoms with E-state index in [-0.39, 0.29) is 0 Å². The maximum Gasteiger partial charge on any atom is 0.343 e. The first-order valence-corrected chi connectivity index (χ1v) is 17.4. The van der Waals surface area contributed by atoms with E-state index in [9.17, 15) is 19.2 Å². The number of esters is 4. The number of rotatable bonds is 20. The molecule has 54 heavy (non-hydrogen) atoms. The van der Waals surface area contributed by atoms with Crippen molar-refractivity contribution in [2.45, 2.75) is 39.5 Å². The van der Waals surface area contributed by atoms with E-state index in [1.807, 2.05) is 19.9 Å². The number of benzene rings is 4. The lowest BCUT2D eigenvalue weighted by Crippen LogP contribution is -2.09. The molecule has 0 aliphatic rings. The van der Waals surface area contributed by atoms with Crippen molar-refractivity contribution < 1.29 is 47.6 Å². The highest BCUT2D eigenvalue weighted by molar-refractivity contribution is 5.92. The van der Waals surface area contributed by atoms with Gasteiger partial charge in [0.15, 0.2) is 0 Å². The summed E-state index contributed by atoms with van der Waals surface area (Å²) in [6.45, 7) is 11.9. The summed E-state index contributed by atoms with van der Waals surface area (Å²) in [6.07, 6.45) is 6.69. The van der Waals surface area contributed by atoms with Crippen LogP contribution in [-0.2, 0) is 19.1 Å². The van der Waals surface area contributed by atoms with Gasteiger partial charge in [0.25, 0.3) is 0 Å². The summed E-state index contributed by atoms with van der Waals surface area (Å²) >= 11 is 0. The van der Waals surface area contributed by atoms with Crippen LogP contribution in [0.2, 0.25) is 0 Å². The molecule has 0 aliphatic heterocycles. The number of carbonyl (C=O) groups excluding carboxylic acids is 4. The van der Waals surface area contributed by atoms with Crippen LogP contribution in [0.25, 0.3) is 0 Å². The Morgan fingerprint density at radius 3 is 1.54 bits per heavy atom. The molecule has 0 spiro atoms. The van der Waals surface area contributed by atoms with Crippen molar-refractivity contribution in [3.05, 3.63) is 138 Å². The van der Waals surface area contributed by atoms with Crippen LogP contribution in [0.4, 0.5) is 5.69 Å². The SMILES string of the molecule is C=CC(=O)OCCCCOc1ccc(C(=O)Oc2ccc(/C=N/c3cc(C)c(OC(=O)c4ccc(OCCCCOC(=O)C=C)cc4)cc3C)cc2)cc1. The summed E-state index contributed by atoms with van der Waals surface area (Å²) in [5, 5.41) is 0. The van der Waals surface area contributed by atoms with Crippen molar-refractivity contribution >= 4 is 35.8 Å². The summed E-state index contributed by atoms with van der Waals surface area (Å²) in [7, 11) is 0. The summed E-state index contributed by atoms with van der Waals surface area (Å²) in [5.41, 5.74) is 3.82. The number of carbonyl (C=O) groups is 4.